The van der Waals surface area contributed by atoms with E-state index in [1.165, 1.54) is 0 Å². The van der Waals surface area contributed by atoms with E-state index in [9.17, 15) is 14.4 Å². The van der Waals surface area contributed by atoms with Crippen LogP contribution in [-0.4, -0.2) is 35.2 Å². The molecule has 0 aliphatic carbocycles. The molecule has 0 radical (unpaired) electrons. The maximum atomic E-state index is 12.3. The Kier molecular flexibility index (Phi) is 7.13. The minimum Gasteiger partial charge on any atom is -0.466 e. The van der Waals surface area contributed by atoms with Crippen LogP contribution in [-0.2, 0) is 9.53 Å². The molecule has 7 nitrogen and oxygen atoms in total. The summed E-state index contributed by atoms with van der Waals surface area (Å²) in [4.78, 5) is 35.6. The lowest BCUT2D eigenvalue weighted by molar-refractivity contribution is -0.143. The maximum Gasteiger partial charge on any atom is 0.305 e. The summed E-state index contributed by atoms with van der Waals surface area (Å²) in [5.41, 5.74) is 0.105. The summed E-state index contributed by atoms with van der Waals surface area (Å²) in [6, 6.07) is 6.94. The highest BCUT2D eigenvalue weighted by Gasteiger charge is 2.14. The number of amides is 1. The molecule has 2 N–H and O–H groups in total. The number of para-hydroxylation sites is 1. The Labute approximate surface area is 145 Å². The molecule has 1 amide bonds. The zero-order valence-electron chi connectivity index (χ0n) is 14.3. The van der Waals surface area contributed by atoms with Gasteiger partial charge in [-0.2, -0.15) is 5.10 Å². The van der Waals surface area contributed by atoms with Gasteiger partial charge in [0.25, 0.3) is 5.91 Å². The van der Waals surface area contributed by atoms with Gasteiger partial charge >= 0.3 is 5.97 Å². The van der Waals surface area contributed by atoms with Crippen molar-refractivity contribution in [1.82, 2.24) is 15.5 Å². The monoisotopic (exact) mass is 345 g/mol. The average molecular weight is 345 g/mol. The molecule has 0 saturated carbocycles. The Morgan fingerprint density at radius 1 is 1.16 bits per heavy atom. The zero-order chi connectivity index (χ0) is 18.1. The number of benzene rings is 1. The van der Waals surface area contributed by atoms with Crippen LogP contribution in [0.3, 0.4) is 0 Å². The molecule has 2 rings (SSSR count). The summed E-state index contributed by atoms with van der Waals surface area (Å²) in [5.74, 6) is -0.643. The number of rotatable bonds is 9. The molecular formula is C18H23N3O4. The fourth-order valence-electron chi connectivity index (χ4n) is 2.49. The molecule has 0 aliphatic heterocycles. The molecule has 7 heteroatoms. The Bertz CT molecular complexity index is 785. The van der Waals surface area contributed by atoms with Crippen molar-refractivity contribution >= 4 is 22.8 Å². The number of nitrogens with zero attached hydrogens (tertiary/aromatic N) is 1. The van der Waals surface area contributed by atoms with E-state index in [1.807, 2.05) is 0 Å². The average Bonchev–Trinajstić information content (AvgIpc) is 2.61. The van der Waals surface area contributed by atoms with E-state index in [0.29, 0.717) is 30.5 Å². The number of aromatic nitrogens is 2. The van der Waals surface area contributed by atoms with E-state index in [0.717, 1.165) is 25.7 Å². The predicted octanol–water partition coefficient (Wildman–Crippen LogP) is 2.17. The van der Waals surface area contributed by atoms with Gasteiger partial charge in [0.2, 0.25) is 5.43 Å². The van der Waals surface area contributed by atoms with E-state index in [2.05, 4.69) is 15.5 Å². The molecule has 134 valence electrons. The minimum absolute atomic E-state index is 0.124. The van der Waals surface area contributed by atoms with Crippen LogP contribution in [0.15, 0.2) is 29.1 Å². The van der Waals surface area contributed by atoms with Gasteiger partial charge in [0, 0.05) is 18.4 Å². The molecule has 1 aromatic carbocycles. The Morgan fingerprint density at radius 3 is 2.72 bits per heavy atom. The van der Waals surface area contributed by atoms with Crippen molar-refractivity contribution in [1.29, 1.82) is 0 Å². The molecule has 0 atom stereocenters. The predicted molar refractivity (Wildman–Crippen MR) is 94.4 cm³/mol. The first-order valence-electron chi connectivity index (χ1n) is 8.54. The lowest BCUT2D eigenvalue weighted by Crippen LogP contribution is -2.31. The van der Waals surface area contributed by atoms with Gasteiger partial charge in [-0.15, -0.1) is 0 Å². The number of H-pyrrole nitrogens is 1. The molecule has 0 spiro atoms. The van der Waals surface area contributed by atoms with Crippen molar-refractivity contribution in [3.63, 3.8) is 0 Å². The van der Waals surface area contributed by atoms with Gasteiger partial charge in [-0.05, 0) is 31.9 Å². The summed E-state index contributed by atoms with van der Waals surface area (Å²) >= 11 is 0. The number of hydrogen-bond acceptors (Lipinski definition) is 5. The number of ether oxygens (including phenoxy) is 1. The van der Waals surface area contributed by atoms with Crippen molar-refractivity contribution in [2.45, 2.75) is 39.0 Å². The van der Waals surface area contributed by atoms with Gasteiger partial charge in [0.1, 0.15) is 0 Å². The highest BCUT2D eigenvalue weighted by molar-refractivity contribution is 5.95. The highest BCUT2D eigenvalue weighted by atomic mass is 16.5. The maximum absolute atomic E-state index is 12.3. The number of carbonyl (C=O) groups excluding carboxylic acids is 2. The van der Waals surface area contributed by atoms with Crippen molar-refractivity contribution in [3.8, 4) is 0 Å². The molecule has 0 unspecified atom stereocenters. The Morgan fingerprint density at radius 2 is 1.92 bits per heavy atom. The fourth-order valence-corrected chi connectivity index (χ4v) is 2.49. The number of carbonyl (C=O) groups is 2. The van der Waals surface area contributed by atoms with Crippen LogP contribution < -0.4 is 10.7 Å². The summed E-state index contributed by atoms with van der Waals surface area (Å²) < 4.78 is 4.86. The second-order valence-corrected chi connectivity index (χ2v) is 5.67. The Hall–Kier alpha value is -2.70. The molecule has 1 aromatic heterocycles. The molecule has 25 heavy (non-hydrogen) atoms. The van der Waals surface area contributed by atoms with E-state index >= 15 is 0 Å². The minimum atomic E-state index is -0.474. The van der Waals surface area contributed by atoms with Crippen molar-refractivity contribution in [2.24, 2.45) is 0 Å². The number of hydrogen-bond donors (Lipinski definition) is 2. The summed E-state index contributed by atoms with van der Waals surface area (Å²) in [6.45, 7) is 2.66. The van der Waals surface area contributed by atoms with Gasteiger partial charge in [0.05, 0.1) is 12.1 Å². The fraction of sp³-hybridized carbons (Fsp3) is 0.444. The van der Waals surface area contributed by atoms with Crippen LogP contribution >= 0.6 is 0 Å². The molecule has 0 fully saturated rings. The van der Waals surface area contributed by atoms with Crippen LogP contribution in [0.1, 0.15) is 49.5 Å². The summed E-state index contributed by atoms with van der Waals surface area (Å²) in [7, 11) is 0. The lowest BCUT2D eigenvalue weighted by Gasteiger charge is -2.05. The summed E-state index contributed by atoms with van der Waals surface area (Å²) in [6.07, 6.45) is 3.76. The van der Waals surface area contributed by atoms with E-state index in [4.69, 9.17) is 4.74 Å². The third-order valence-electron chi connectivity index (χ3n) is 3.79. The van der Waals surface area contributed by atoms with Gasteiger partial charge in [-0.3, -0.25) is 19.5 Å². The van der Waals surface area contributed by atoms with E-state index in [-0.39, 0.29) is 17.1 Å². The SMILES string of the molecule is CCOC(=O)CCCCCCNC(=O)c1n[nH]c2ccccc2c1=O. The van der Waals surface area contributed by atoms with Crippen molar-refractivity contribution < 1.29 is 14.3 Å². The molecule has 1 heterocycles. The first-order chi connectivity index (χ1) is 12.1. The van der Waals surface area contributed by atoms with Gasteiger partial charge < -0.3 is 10.1 Å². The topological polar surface area (TPSA) is 101 Å². The number of unbranched alkanes of at least 4 members (excludes halogenated alkanes) is 3. The summed E-state index contributed by atoms with van der Waals surface area (Å²) in [5, 5.41) is 9.75. The van der Waals surface area contributed by atoms with Crippen LogP contribution in [0.2, 0.25) is 0 Å². The smallest absolute Gasteiger partial charge is 0.305 e. The van der Waals surface area contributed by atoms with Gasteiger partial charge in [-0.25, -0.2) is 0 Å². The normalized spacial score (nSPS) is 10.6. The number of fused-ring (bicyclic) bond motifs is 1. The molecule has 0 saturated heterocycles. The van der Waals surface area contributed by atoms with Crippen LogP contribution in [0, 0.1) is 0 Å². The quantitative estimate of drug-likeness (QED) is 0.536. The van der Waals surface area contributed by atoms with Gasteiger partial charge in [-0.1, -0.05) is 25.0 Å². The number of aromatic amines is 1. The molecule has 0 aliphatic rings. The molecule has 2 aromatic rings. The van der Waals surface area contributed by atoms with E-state index < -0.39 is 5.91 Å². The van der Waals surface area contributed by atoms with E-state index in [1.54, 1.807) is 31.2 Å². The number of esters is 1. The largest absolute Gasteiger partial charge is 0.466 e. The van der Waals surface area contributed by atoms with Crippen molar-refractivity contribution in [3.05, 3.63) is 40.2 Å². The second-order valence-electron chi connectivity index (χ2n) is 5.67. The van der Waals surface area contributed by atoms with Crippen LogP contribution in [0.25, 0.3) is 10.9 Å². The van der Waals surface area contributed by atoms with Crippen LogP contribution in [0.4, 0.5) is 0 Å². The number of nitrogens with one attached hydrogen (secondary N) is 2. The second kappa shape index (κ2) is 9.56. The van der Waals surface area contributed by atoms with Gasteiger partial charge in [0.15, 0.2) is 5.69 Å². The third-order valence-corrected chi connectivity index (χ3v) is 3.79. The standard InChI is InChI=1S/C18H23N3O4/c1-2-25-15(22)11-5-3-4-8-12-19-18(24)16-17(23)13-9-6-7-10-14(13)20-21-16/h6-7,9-10H,2-5,8,11-12H2,1H3,(H,19,24)(H,20,23). The zero-order valence-corrected chi connectivity index (χ0v) is 14.3. The highest BCUT2D eigenvalue weighted by Crippen LogP contribution is 2.06. The first kappa shape index (κ1) is 18.6. The molecule has 0 bridgehead atoms. The lowest BCUT2D eigenvalue weighted by atomic mass is 10.1. The van der Waals surface area contributed by atoms with Crippen molar-refractivity contribution in [2.75, 3.05) is 13.2 Å². The first-order valence-corrected chi connectivity index (χ1v) is 8.54. The molecular weight excluding hydrogens is 322 g/mol. The van der Waals surface area contributed by atoms with Crippen LogP contribution in [0.5, 0.6) is 0 Å². The third kappa shape index (κ3) is 5.41. The Balaban J connectivity index is 1.73.